The molecular weight excluding hydrogens is 232 g/mol. The third kappa shape index (κ3) is 3.82. The maximum atomic E-state index is 4.49. The van der Waals surface area contributed by atoms with Crippen LogP contribution in [0.1, 0.15) is 64.8 Å². The topological polar surface area (TPSA) is 17.8 Å². The Morgan fingerprint density at radius 3 is 2.74 bits per heavy atom. The first-order valence-electron chi connectivity index (χ1n) is 7.74. The molecule has 0 aliphatic carbocycles. The molecule has 0 N–H and O–H groups in total. The van der Waals surface area contributed by atoms with Crippen molar-refractivity contribution in [1.29, 1.82) is 0 Å². The fourth-order valence-corrected chi connectivity index (χ4v) is 2.70. The lowest BCUT2D eigenvalue weighted by atomic mass is 10.1. The van der Waals surface area contributed by atoms with Crippen molar-refractivity contribution in [1.82, 2.24) is 9.55 Å². The van der Waals surface area contributed by atoms with E-state index in [4.69, 9.17) is 0 Å². The summed E-state index contributed by atoms with van der Waals surface area (Å²) in [5, 5.41) is 1.25. The largest absolute Gasteiger partial charge is 0.330 e. The van der Waals surface area contributed by atoms with Crippen LogP contribution in [0, 0.1) is 0 Å². The van der Waals surface area contributed by atoms with Gasteiger partial charge in [-0.2, -0.15) is 0 Å². The molecule has 0 aliphatic heterocycles. The Hall–Kier alpha value is -1.31. The van der Waals surface area contributed by atoms with Gasteiger partial charge in [0.1, 0.15) is 5.65 Å². The molecule has 1 unspecified atom stereocenters. The molecule has 0 radical (unpaired) electrons. The lowest BCUT2D eigenvalue weighted by Gasteiger charge is -2.14. The summed E-state index contributed by atoms with van der Waals surface area (Å²) in [7, 11) is 0. The Bertz CT molecular complexity index is 487. The van der Waals surface area contributed by atoms with Crippen LogP contribution >= 0.6 is 0 Å². The molecule has 0 saturated carbocycles. The van der Waals surface area contributed by atoms with Gasteiger partial charge < -0.3 is 4.57 Å². The van der Waals surface area contributed by atoms with Gasteiger partial charge in [0.15, 0.2) is 0 Å². The standard InChI is InChI=1S/C17H26N2/c1-3-4-5-6-7-8-10-15(2)19-14-12-16-11-9-13-18-17(16)19/h9,11-15H,3-8,10H2,1-2H3. The normalized spacial score (nSPS) is 12.9. The first kappa shape index (κ1) is 14.1. The minimum absolute atomic E-state index is 0.554. The molecule has 0 spiro atoms. The maximum Gasteiger partial charge on any atom is 0.140 e. The second-order valence-electron chi connectivity index (χ2n) is 5.54. The Balaban J connectivity index is 1.81. The van der Waals surface area contributed by atoms with Gasteiger partial charge in [-0.25, -0.2) is 4.98 Å². The summed E-state index contributed by atoms with van der Waals surface area (Å²) in [6.07, 6.45) is 13.5. The van der Waals surface area contributed by atoms with Gasteiger partial charge in [-0.1, -0.05) is 45.4 Å². The highest BCUT2D eigenvalue weighted by atomic mass is 15.0. The first-order chi connectivity index (χ1) is 9.33. The molecule has 2 heteroatoms. The average Bonchev–Trinajstić information content (AvgIpc) is 2.86. The van der Waals surface area contributed by atoms with Gasteiger partial charge in [-0.15, -0.1) is 0 Å². The zero-order valence-corrected chi connectivity index (χ0v) is 12.3. The first-order valence-corrected chi connectivity index (χ1v) is 7.74. The molecule has 0 fully saturated rings. The van der Waals surface area contributed by atoms with Gasteiger partial charge in [0, 0.05) is 23.8 Å². The van der Waals surface area contributed by atoms with Crippen molar-refractivity contribution in [3.05, 3.63) is 30.6 Å². The van der Waals surface area contributed by atoms with Gasteiger partial charge >= 0.3 is 0 Å². The summed E-state index contributed by atoms with van der Waals surface area (Å²) in [6, 6.07) is 6.86. The van der Waals surface area contributed by atoms with E-state index in [0.29, 0.717) is 6.04 Å². The summed E-state index contributed by atoms with van der Waals surface area (Å²) < 4.78 is 2.32. The SMILES string of the molecule is CCCCCCCCC(C)n1ccc2cccnc21. The molecule has 104 valence electrons. The van der Waals surface area contributed by atoms with Crippen molar-refractivity contribution in [3.8, 4) is 0 Å². The van der Waals surface area contributed by atoms with E-state index in [-0.39, 0.29) is 0 Å². The quantitative estimate of drug-likeness (QED) is 0.584. The number of rotatable bonds is 8. The van der Waals surface area contributed by atoms with Crippen molar-refractivity contribution >= 4 is 11.0 Å². The minimum atomic E-state index is 0.554. The van der Waals surface area contributed by atoms with Crippen LogP contribution in [0.25, 0.3) is 11.0 Å². The third-order valence-corrected chi connectivity index (χ3v) is 3.93. The number of fused-ring (bicyclic) bond motifs is 1. The van der Waals surface area contributed by atoms with Crippen LogP contribution in [0.4, 0.5) is 0 Å². The summed E-state index contributed by atoms with van der Waals surface area (Å²) in [5.74, 6) is 0. The Labute approximate surface area is 116 Å². The lowest BCUT2D eigenvalue weighted by molar-refractivity contribution is 0.476. The third-order valence-electron chi connectivity index (χ3n) is 3.93. The van der Waals surface area contributed by atoms with E-state index in [1.54, 1.807) is 0 Å². The monoisotopic (exact) mass is 258 g/mol. The van der Waals surface area contributed by atoms with E-state index in [9.17, 15) is 0 Å². The molecule has 2 heterocycles. The van der Waals surface area contributed by atoms with Crippen molar-refractivity contribution in [2.24, 2.45) is 0 Å². The van der Waals surface area contributed by atoms with E-state index in [1.165, 1.54) is 50.3 Å². The second kappa shape index (κ2) is 7.32. The van der Waals surface area contributed by atoms with Crippen molar-refractivity contribution in [2.45, 2.75) is 64.8 Å². The lowest BCUT2D eigenvalue weighted by Crippen LogP contribution is -2.04. The van der Waals surface area contributed by atoms with Crippen molar-refractivity contribution in [2.75, 3.05) is 0 Å². The highest BCUT2D eigenvalue weighted by Crippen LogP contribution is 2.22. The summed E-state index contributed by atoms with van der Waals surface area (Å²) >= 11 is 0. The van der Waals surface area contributed by atoms with Gasteiger partial charge in [0.2, 0.25) is 0 Å². The fourth-order valence-electron chi connectivity index (χ4n) is 2.70. The number of nitrogens with zero attached hydrogens (tertiary/aromatic N) is 2. The molecule has 19 heavy (non-hydrogen) atoms. The van der Waals surface area contributed by atoms with Crippen LogP contribution in [-0.4, -0.2) is 9.55 Å². The van der Waals surface area contributed by atoms with Crippen LogP contribution in [0.3, 0.4) is 0 Å². The highest BCUT2D eigenvalue weighted by molar-refractivity contribution is 5.75. The van der Waals surface area contributed by atoms with Gasteiger partial charge in [-0.3, -0.25) is 0 Å². The molecule has 1 atom stereocenters. The zero-order chi connectivity index (χ0) is 13.5. The van der Waals surface area contributed by atoms with E-state index in [1.807, 2.05) is 12.3 Å². The van der Waals surface area contributed by atoms with Crippen LogP contribution in [0.5, 0.6) is 0 Å². The van der Waals surface area contributed by atoms with Gasteiger partial charge in [-0.05, 0) is 31.5 Å². The molecule has 0 aromatic carbocycles. The fraction of sp³-hybridized carbons (Fsp3) is 0.588. The minimum Gasteiger partial charge on any atom is -0.330 e. The number of aromatic nitrogens is 2. The van der Waals surface area contributed by atoms with Crippen LogP contribution in [0.15, 0.2) is 30.6 Å². The molecule has 0 saturated heterocycles. The predicted octanol–water partition coefficient (Wildman–Crippen LogP) is 5.35. The molecular formula is C17H26N2. The molecule has 0 amide bonds. The molecule has 0 bridgehead atoms. The van der Waals surface area contributed by atoms with E-state index in [2.05, 4.69) is 41.7 Å². The Kier molecular flexibility index (Phi) is 5.44. The second-order valence-corrected chi connectivity index (χ2v) is 5.54. The molecule has 2 aromatic heterocycles. The Morgan fingerprint density at radius 2 is 1.89 bits per heavy atom. The smallest absolute Gasteiger partial charge is 0.140 e. The highest BCUT2D eigenvalue weighted by Gasteiger charge is 2.08. The van der Waals surface area contributed by atoms with E-state index in [0.717, 1.165) is 5.65 Å². The number of hydrogen-bond acceptors (Lipinski definition) is 1. The summed E-state index contributed by atoms with van der Waals surface area (Å²) in [4.78, 5) is 4.49. The molecule has 2 rings (SSSR count). The number of unbranched alkanes of at least 4 members (excludes halogenated alkanes) is 5. The Morgan fingerprint density at radius 1 is 1.11 bits per heavy atom. The number of pyridine rings is 1. The summed E-state index contributed by atoms with van der Waals surface area (Å²) in [5.41, 5.74) is 1.13. The predicted molar refractivity (Wildman–Crippen MR) is 82.4 cm³/mol. The van der Waals surface area contributed by atoms with Crippen LogP contribution in [0.2, 0.25) is 0 Å². The van der Waals surface area contributed by atoms with E-state index >= 15 is 0 Å². The van der Waals surface area contributed by atoms with Crippen molar-refractivity contribution < 1.29 is 0 Å². The van der Waals surface area contributed by atoms with Gasteiger partial charge in [0.05, 0.1) is 0 Å². The zero-order valence-electron chi connectivity index (χ0n) is 12.3. The van der Waals surface area contributed by atoms with E-state index < -0.39 is 0 Å². The van der Waals surface area contributed by atoms with Crippen LogP contribution < -0.4 is 0 Å². The molecule has 0 aliphatic rings. The average molecular weight is 258 g/mol. The summed E-state index contributed by atoms with van der Waals surface area (Å²) in [6.45, 7) is 4.58. The van der Waals surface area contributed by atoms with Gasteiger partial charge in [0.25, 0.3) is 0 Å². The molecule has 2 aromatic rings. The van der Waals surface area contributed by atoms with Crippen LogP contribution in [-0.2, 0) is 0 Å². The number of hydrogen-bond donors (Lipinski definition) is 0. The molecule has 2 nitrogen and oxygen atoms in total. The van der Waals surface area contributed by atoms with Crippen molar-refractivity contribution in [3.63, 3.8) is 0 Å². The maximum absolute atomic E-state index is 4.49.